The highest BCUT2D eigenvalue weighted by atomic mass is 16.5. The predicted molar refractivity (Wildman–Crippen MR) is 59.6 cm³/mol. The molecule has 0 unspecified atom stereocenters. The number of aromatic nitrogens is 1. The number of carbonyl (C=O) groups is 2. The predicted octanol–water partition coefficient (Wildman–Crippen LogP) is 0.399. The molecule has 94 valence electrons. The fraction of sp³-hybridized carbons (Fsp3) is 0.500. The minimum Gasteiger partial charge on any atom is -0.461 e. The second-order valence-electron chi connectivity index (χ2n) is 3.17. The van der Waals surface area contributed by atoms with Gasteiger partial charge in [-0.3, -0.25) is 4.79 Å². The summed E-state index contributed by atoms with van der Waals surface area (Å²) in [6.45, 7) is 4.35. The summed E-state index contributed by atoms with van der Waals surface area (Å²) in [5.41, 5.74) is 0.119. The van der Waals surface area contributed by atoms with Crippen molar-refractivity contribution in [1.29, 1.82) is 0 Å². The third-order valence-electron chi connectivity index (χ3n) is 1.76. The van der Waals surface area contributed by atoms with Gasteiger partial charge in [-0.25, -0.2) is 4.79 Å². The Morgan fingerprint density at radius 3 is 2.88 bits per heavy atom. The van der Waals surface area contributed by atoms with E-state index in [1.54, 1.807) is 6.92 Å². The summed E-state index contributed by atoms with van der Waals surface area (Å²) in [5.74, 6) is -0.627. The van der Waals surface area contributed by atoms with Crippen LogP contribution in [0.1, 0.15) is 24.3 Å². The molecule has 0 radical (unpaired) electrons. The molecular weight excluding hydrogens is 226 g/mol. The molecule has 2 N–H and O–H groups in total. The topological polar surface area (TPSA) is 93.5 Å². The Balaban J connectivity index is 2.35. The SMILES string of the molecule is CCOC(=O)c1coc(NCCNC(C)=O)n1. The normalized spacial score (nSPS) is 9.76. The minimum atomic E-state index is -0.522. The average Bonchev–Trinajstić information content (AvgIpc) is 2.73. The molecule has 0 aromatic carbocycles. The largest absolute Gasteiger partial charge is 0.461 e. The Morgan fingerprint density at radius 1 is 1.47 bits per heavy atom. The first-order valence-electron chi connectivity index (χ1n) is 5.24. The highest BCUT2D eigenvalue weighted by molar-refractivity contribution is 5.87. The minimum absolute atomic E-state index is 0.105. The van der Waals surface area contributed by atoms with Crippen molar-refractivity contribution in [2.75, 3.05) is 25.0 Å². The molecule has 1 aromatic heterocycles. The van der Waals surface area contributed by atoms with Crippen molar-refractivity contribution in [2.24, 2.45) is 0 Å². The zero-order valence-electron chi connectivity index (χ0n) is 9.78. The van der Waals surface area contributed by atoms with Crippen LogP contribution in [0, 0.1) is 0 Å². The number of hydrogen-bond acceptors (Lipinski definition) is 6. The molecule has 0 bridgehead atoms. The number of esters is 1. The van der Waals surface area contributed by atoms with Crippen molar-refractivity contribution in [3.05, 3.63) is 12.0 Å². The van der Waals surface area contributed by atoms with Crippen LogP contribution in [-0.2, 0) is 9.53 Å². The number of amides is 1. The van der Waals surface area contributed by atoms with Crippen LogP contribution in [0.4, 0.5) is 6.01 Å². The lowest BCUT2D eigenvalue weighted by Gasteiger charge is -2.01. The van der Waals surface area contributed by atoms with Gasteiger partial charge in [-0.15, -0.1) is 0 Å². The summed E-state index contributed by atoms with van der Waals surface area (Å²) in [7, 11) is 0. The first-order chi connectivity index (χ1) is 8.13. The lowest BCUT2D eigenvalue weighted by atomic mass is 10.5. The fourth-order valence-electron chi connectivity index (χ4n) is 1.06. The molecule has 0 fully saturated rings. The molecule has 0 spiro atoms. The maximum absolute atomic E-state index is 11.2. The summed E-state index contributed by atoms with van der Waals surface area (Å²) in [6, 6.07) is 0.221. The highest BCUT2D eigenvalue weighted by Gasteiger charge is 2.12. The summed E-state index contributed by atoms with van der Waals surface area (Å²) >= 11 is 0. The van der Waals surface area contributed by atoms with E-state index in [1.165, 1.54) is 13.2 Å². The van der Waals surface area contributed by atoms with E-state index in [2.05, 4.69) is 15.6 Å². The molecule has 7 nitrogen and oxygen atoms in total. The van der Waals surface area contributed by atoms with E-state index in [4.69, 9.17) is 9.15 Å². The maximum Gasteiger partial charge on any atom is 0.360 e. The van der Waals surface area contributed by atoms with Crippen LogP contribution < -0.4 is 10.6 Å². The van der Waals surface area contributed by atoms with E-state index in [0.717, 1.165) is 0 Å². The molecule has 7 heteroatoms. The number of nitrogens with one attached hydrogen (secondary N) is 2. The second kappa shape index (κ2) is 6.51. The van der Waals surface area contributed by atoms with Gasteiger partial charge in [-0.2, -0.15) is 4.98 Å². The Bertz CT molecular complexity index is 389. The molecule has 1 rings (SSSR count). The molecule has 0 aliphatic heterocycles. The molecule has 0 aliphatic carbocycles. The summed E-state index contributed by atoms with van der Waals surface area (Å²) in [5, 5.41) is 5.42. The van der Waals surface area contributed by atoms with Crippen molar-refractivity contribution >= 4 is 17.9 Å². The van der Waals surface area contributed by atoms with E-state index in [-0.39, 0.29) is 24.2 Å². The van der Waals surface area contributed by atoms with Crippen molar-refractivity contribution in [2.45, 2.75) is 13.8 Å². The zero-order chi connectivity index (χ0) is 12.7. The Morgan fingerprint density at radius 2 is 2.24 bits per heavy atom. The van der Waals surface area contributed by atoms with E-state index in [9.17, 15) is 9.59 Å². The summed E-state index contributed by atoms with van der Waals surface area (Å²) in [6.07, 6.45) is 1.22. The van der Waals surface area contributed by atoms with Crippen LogP contribution in [0.3, 0.4) is 0 Å². The molecule has 0 aliphatic rings. The van der Waals surface area contributed by atoms with Gasteiger partial charge in [0.1, 0.15) is 6.26 Å². The van der Waals surface area contributed by atoms with Gasteiger partial charge < -0.3 is 19.8 Å². The molecule has 0 saturated heterocycles. The van der Waals surface area contributed by atoms with Crippen molar-refractivity contribution in [1.82, 2.24) is 10.3 Å². The van der Waals surface area contributed by atoms with Gasteiger partial charge >= 0.3 is 5.97 Å². The lowest BCUT2D eigenvalue weighted by Crippen LogP contribution is -2.26. The number of anilines is 1. The Kier molecular flexibility index (Phi) is 4.99. The zero-order valence-corrected chi connectivity index (χ0v) is 9.78. The Labute approximate surface area is 98.5 Å². The first-order valence-corrected chi connectivity index (χ1v) is 5.24. The summed E-state index contributed by atoms with van der Waals surface area (Å²) < 4.78 is 9.76. The van der Waals surface area contributed by atoms with Crippen LogP contribution >= 0.6 is 0 Å². The smallest absolute Gasteiger partial charge is 0.360 e. The van der Waals surface area contributed by atoms with Gasteiger partial charge in [0.05, 0.1) is 6.61 Å². The number of rotatable bonds is 6. The summed E-state index contributed by atoms with van der Waals surface area (Å²) in [4.78, 5) is 25.7. The highest BCUT2D eigenvalue weighted by Crippen LogP contribution is 2.07. The number of ether oxygens (including phenoxy) is 1. The van der Waals surface area contributed by atoms with Crippen LogP contribution in [-0.4, -0.2) is 36.6 Å². The van der Waals surface area contributed by atoms with E-state index >= 15 is 0 Å². The van der Waals surface area contributed by atoms with Crippen LogP contribution in [0.25, 0.3) is 0 Å². The van der Waals surface area contributed by atoms with Gasteiger partial charge in [-0.1, -0.05) is 0 Å². The molecule has 1 heterocycles. The lowest BCUT2D eigenvalue weighted by molar-refractivity contribution is -0.118. The van der Waals surface area contributed by atoms with Crippen LogP contribution in [0.15, 0.2) is 10.7 Å². The fourth-order valence-corrected chi connectivity index (χ4v) is 1.06. The van der Waals surface area contributed by atoms with Gasteiger partial charge in [-0.05, 0) is 6.92 Å². The molecule has 0 saturated carbocycles. The third kappa shape index (κ3) is 4.54. The van der Waals surface area contributed by atoms with Crippen molar-refractivity contribution in [3.63, 3.8) is 0 Å². The van der Waals surface area contributed by atoms with Gasteiger partial charge in [0.25, 0.3) is 6.01 Å². The molecular formula is C10H15N3O4. The number of hydrogen-bond donors (Lipinski definition) is 2. The van der Waals surface area contributed by atoms with Crippen molar-refractivity contribution < 1.29 is 18.7 Å². The second-order valence-corrected chi connectivity index (χ2v) is 3.17. The number of nitrogens with zero attached hydrogens (tertiary/aromatic N) is 1. The van der Waals surface area contributed by atoms with Gasteiger partial charge in [0.15, 0.2) is 5.69 Å². The van der Waals surface area contributed by atoms with Gasteiger partial charge in [0.2, 0.25) is 5.91 Å². The monoisotopic (exact) mass is 241 g/mol. The van der Waals surface area contributed by atoms with Crippen LogP contribution in [0.5, 0.6) is 0 Å². The number of carbonyl (C=O) groups excluding carboxylic acids is 2. The average molecular weight is 241 g/mol. The molecule has 17 heavy (non-hydrogen) atoms. The Hall–Kier alpha value is -2.05. The maximum atomic E-state index is 11.2. The number of oxazole rings is 1. The van der Waals surface area contributed by atoms with E-state index in [1.807, 2.05) is 0 Å². The van der Waals surface area contributed by atoms with Crippen molar-refractivity contribution in [3.8, 4) is 0 Å². The standard InChI is InChI=1S/C10H15N3O4/c1-3-16-9(15)8-6-17-10(13-8)12-5-4-11-7(2)14/h6H,3-5H2,1-2H3,(H,11,14)(H,12,13). The molecule has 1 amide bonds. The van der Waals surface area contributed by atoms with E-state index < -0.39 is 5.97 Å². The molecule has 0 atom stereocenters. The quantitative estimate of drug-likeness (QED) is 0.553. The van der Waals surface area contributed by atoms with Crippen LogP contribution in [0.2, 0.25) is 0 Å². The molecule has 1 aromatic rings. The first kappa shape index (κ1) is 13.0. The van der Waals surface area contributed by atoms with Gasteiger partial charge in [0, 0.05) is 20.0 Å². The third-order valence-corrected chi connectivity index (χ3v) is 1.76. The van der Waals surface area contributed by atoms with E-state index in [0.29, 0.717) is 13.1 Å².